The molecule has 0 aliphatic heterocycles. The maximum Gasteiger partial charge on any atom is 0.105 e. The zero-order valence-corrected chi connectivity index (χ0v) is 13.3. The van der Waals surface area contributed by atoms with Gasteiger partial charge in [0.05, 0.1) is 5.02 Å². The lowest BCUT2D eigenvalue weighted by Gasteiger charge is -2.21. The minimum Gasteiger partial charge on any atom is -0.389 e. The fraction of sp³-hybridized carbons (Fsp3) is 0.133. The van der Waals surface area contributed by atoms with Gasteiger partial charge in [-0.3, -0.25) is 0 Å². The van der Waals surface area contributed by atoms with E-state index >= 15 is 0 Å². The van der Waals surface area contributed by atoms with Gasteiger partial charge in [-0.05, 0) is 29.8 Å². The molecule has 0 aliphatic rings. The summed E-state index contributed by atoms with van der Waals surface area (Å²) < 4.78 is 0. The summed E-state index contributed by atoms with van der Waals surface area (Å²) >= 11 is 17.3. The molecule has 2 N–H and O–H groups in total. The van der Waals surface area contributed by atoms with E-state index in [9.17, 15) is 0 Å². The first-order chi connectivity index (χ1) is 9.49. The van der Waals surface area contributed by atoms with Gasteiger partial charge >= 0.3 is 0 Å². The second-order valence-electron chi connectivity index (χ2n) is 4.48. The van der Waals surface area contributed by atoms with Gasteiger partial charge in [0, 0.05) is 29.9 Å². The maximum absolute atomic E-state index is 6.18. The molecule has 0 aliphatic carbocycles. The van der Waals surface area contributed by atoms with Crippen molar-refractivity contribution >= 4 is 46.1 Å². The summed E-state index contributed by atoms with van der Waals surface area (Å²) in [6.45, 7) is 0.697. The number of anilines is 1. The highest BCUT2D eigenvalue weighted by molar-refractivity contribution is 7.80. The SMILES string of the molecule is CN(Cc1ccccc1Cl)c1ccc(C(N)=S)c(Cl)c1. The Kier molecular flexibility index (Phi) is 4.86. The molecule has 2 rings (SSSR count). The number of nitrogens with zero attached hydrogens (tertiary/aromatic N) is 1. The summed E-state index contributed by atoms with van der Waals surface area (Å²) in [6.07, 6.45) is 0. The summed E-state index contributed by atoms with van der Waals surface area (Å²) in [5.41, 5.74) is 8.33. The standard InChI is InChI=1S/C15H14Cl2N2S/c1-19(9-10-4-2-3-5-13(10)16)11-6-7-12(15(18)20)14(17)8-11/h2-8H,9H2,1H3,(H2,18,20). The van der Waals surface area contributed by atoms with Gasteiger partial charge in [0.15, 0.2) is 0 Å². The molecule has 0 saturated carbocycles. The molecule has 0 amide bonds. The van der Waals surface area contributed by atoms with Crippen LogP contribution in [-0.2, 0) is 6.54 Å². The van der Waals surface area contributed by atoms with Gasteiger partial charge in [-0.2, -0.15) is 0 Å². The fourth-order valence-electron chi connectivity index (χ4n) is 1.91. The van der Waals surface area contributed by atoms with Gasteiger partial charge in [-0.1, -0.05) is 53.6 Å². The Morgan fingerprint density at radius 1 is 1.15 bits per heavy atom. The molecule has 20 heavy (non-hydrogen) atoms. The van der Waals surface area contributed by atoms with Crippen LogP contribution in [0.2, 0.25) is 10.0 Å². The molecular formula is C15H14Cl2N2S. The Hall–Kier alpha value is -1.29. The summed E-state index contributed by atoms with van der Waals surface area (Å²) in [6, 6.07) is 13.4. The van der Waals surface area contributed by atoms with E-state index in [4.69, 9.17) is 41.2 Å². The summed E-state index contributed by atoms with van der Waals surface area (Å²) in [7, 11) is 1.98. The van der Waals surface area contributed by atoms with Crippen molar-refractivity contribution in [2.24, 2.45) is 5.73 Å². The first-order valence-corrected chi connectivity index (χ1v) is 7.19. The van der Waals surface area contributed by atoms with Gasteiger partial charge < -0.3 is 10.6 Å². The Morgan fingerprint density at radius 3 is 2.45 bits per heavy atom. The van der Waals surface area contributed by atoms with Crippen LogP contribution in [0.5, 0.6) is 0 Å². The molecule has 104 valence electrons. The second kappa shape index (κ2) is 6.44. The summed E-state index contributed by atoms with van der Waals surface area (Å²) in [4.78, 5) is 2.37. The minimum atomic E-state index is 0.301. The van der Waals surface area contributed by atoms with Crippen LogP contribution in [-0.4, -0.2) is 12.0 Å². The summed E-state index contributed by atoms with van der Waals surface area (Å²) in [5, 5.41) is 1.31. The van der Waals surface area contributed by atoms with Crippen LogP contribution < -0.4 is 10.6 Å². The maximum atomic E-state index is 6.18. The van der Waals surface area contributed by atoms with Crippen LogP contribution in [0.3, 0.4) is 0 Å². The average molecular weight is 325 g/mol. The van der Waals surface area contributed by atoms with E-state index in [1.165, 1.54) is 0 Å². The van der Waals surface area contributed by atoms with Crippen molar-refractivity contribution in [3.8, 4) is 0 Å². The third kappa shape index (κ3) is 3.42. The van der Waals surface area contributed by atoms with Gasteiger partial charge in [0.2, 0.25) is 0 Å². The average Bonchev–Trinajstić information content (AvgIpc) is 2.40. The van der Waals surface area contributed by atoms with E-state index < -0.39 is 0 Å². The van der Waals surface area contributed by atoms with Gasteiger partial charge in [-0.15, -0.1) is 0 Å². The van der Waals surface area contributed by atoms with Crippen molar-refractivity contribution in [2.45, 2.75) is 6.54 Å². The summed E-state index contributed by atoms with van der Waals surface area (Å²) in [5.74, 6) is 0. The number of hydrogen-bond acceptors (Lipinski definition) is 2. The molecule has 0 saturated heterocycles. The van der Waals surface area contributed by atoms with E-state index in [0.717, 1.165) is 16.3 Å². The fourth-order valence-corrected chi connectivity index (χ4v) is 2.62. The highest BCUT2D eigenvalue weighted by Crippen LogP contribution is 2.25. The van der Waals surface area contributed by atoms with Crippen molar-refractivity contribution in [2.75, 3.05) is 11.9 Å². The molecule has 0 aromatic heterocycles. The van der Waals surface area contributed by atoms with Gasteiger partial charge in [0.25, 0.3) is 0 Å². The van der Waals surface area contributed by atoms with Crippen molar-refractivity contribution in [3.63, 3.8) is 0 Å². The first-order valence-electron chi connectivity index (χ1n) is 6.03. The highest BCUT2D eigenvalue weighted by Gasteiger charge is 2.09. The van der Waals surface area contributed by atoms with Crippen molar-refractivity contribution in [1.29, 1.82) is 0 Å². The van der Waals surface area contributed by atoms with E-state index in [1.807, 2.05) is 49.5 Å². The molecule has 0 unspecified atom stereocenters. The zero-order valence-electron chi connectivity index (χ0n) is 10.9. The normalized spacial score (nSPS) is 10.3. The third-order valence-electron chi connectivity index (χ3n) is 3.02. The number of rotatable bonds is 4. The molecule has 0 heterocycles. The van der Waals surface area contributed by atoms with E-state index in [-0.39, 0.29) is 0 Å². The van der Waals surface area contributed by atoms with Crippen molar-refractivity contribution < 1.29 is 0 Å². The number of thiocarbonyl (C=S) groups is 1. The number of benzene rings is 2. The monoisotopic (exact) mass is 324 g/mol. The molecule has 2 aromatic rings. The molecule has 5 heteroatoms. The van der Waals surface area contributed by atoms with E-state index in [2.05, 4.69) is 4.90 Å². The van der Waals surface area contributed by atoms with Crippen LogP contribution in [0.4, 0.5) is 5.69 Å². The molecule has 2 aromatic carbocycles. The number of hydrogen-bond donors (Lipinski definition) is 1. The lowest BCUT2D eigenvalue weighted by molar-refractivity contribution is 0.923. The third-order valence-corrected chi connectivity index (χ3v) is 3.93. The first kappa shape index (κ1) is 15.1. The molecule has 0 bridgehead atoms. The van der Waals surface area contributed by atoms with Crippen LogP contribution in [0, 0.1) is 0 Å². The zero-order chi connectivity index (χ0) is 14.7. The molecule has 0 fully saturated rings. The van der Waals surface area contributed by atoms with Crippen LogP contribution in [0.15, 0.2) is 42.5 Å². The topological polar surface area (TPSA) is 29.3 Å². The van der Waals surface area contributed by atoms with Crippen molar-refractivity contribution in [3.05, 3.63) is 63.6 Å². The van der Waals surface area contributed by atoms with Crippen LogP contribution >= 0.6 is 35.4 Å². The number of nitrogens with two attached hydrogens (primary N) is 1. The van der Waals surface area contributed by atoms with Crippen LogP contribution in [0.25, 0.3) is 0 Å². The molecular weight excluding hydrogens is 311 g/mol. The minimum absolute atomic E-state index is 0.301. The molecule has 0 radical (unpaired) electrons. The van der Waals surface area contributed by atoms with Gasteiger partial charge in [0.1, 0.15) is 4.99 Å². The Morgan fingerprint density at radius 2 is 1.85 bits per heavy atom. The highest BCUT2D eigenvalue weighted by atomic mass is 35.5. The molecule has 0 spiro atoms. The lowest BCUT2D eigenvalue weighted by atomic mass is 10.1. The molecule has 2 nitrogen and oxygen atoms in total. The Balaban J connectivity index is 2.22. The largest absolute Gasteiger partial charge is 0.389 e. The number of halogens is 2. The second-order valence-corrected chi connectivity index (χ2v) is 5.73. The molecule has 0 atom stereocenters. The van der Waals surface area contributed by atoms with Crippen molar-refractivity contribution in [1.82, 2.24) is 0 Å². The predicted molar refractivity (Wildman–Crippen MR) is 90.9 cm³/mol. The Labute approximate surface area is 134 Å². The van der Waals surface area contributed by atoms with Crippen LogP contribution in [0.1, 0.15) is 11.1 Å². The lowest BCUT2D eigenvalue weighted by Crippen LogP contribution is -2.17. The van der Waals surface area contributed by atoms with E-state index in [1.54, 1.807) is 0 Å². The quantitative estimate of drug-likeness (QED) is 0.852. The smallest absolute Gasteiger partial charge is 0.105 e. The van der Waals surface area contributed by atoms with E-state index in [0.29, 0.717) is 22.1 Å². The predicted octanol–water partition coefficient (Wildman–Crippen LogP) is 4.26. The Bertz CT molecular complexity index is 644. The van der Waals surface area contributed by atoms with Gasteiger partial charge in [-0.25, -0.2) is 0 Å².